The van der Waals surface area contributed by atoms with E-state index in [2.05, 4.69) is 57.4 Å². The van der Waals surface area contributed by atoms with Gasteiger partial charge in [-0.15, -0.1) is 5.73 Å². The third kappa shape index (κ3) is 6.36. The van der Waals surface area contributed by atoms with Crippen LogP contribution in [0, 0.1) is 11.8 Å². The first-order valence-corrected chi connectivity index (χ1v) is 9.46. The summed E-state index contributed by atoms with van der Waals surface area (Å²) in [6.07, 6.45) is 21.2. The van der Waals surface area contributed by atoms with Gasteiger partial charge in [-0.25, -0.2) is 0 Å². The minimum atomic E-state index is 0.730. The summed E-state index contributed by atoms with van der Waals surface area (Å²) in [5.74, 6) is 2.48. The summed E-state index contributed by atoms with van der Waals surface area (Å²) >= 11 is 0. The van der Waals surface area contributed by atoms with Gasteiger partial charge in [-0.3, -0.25) is 4.42 Å². The van der Waals surface area contributed by atoms with Gasteiger partial charge in [-0.1, -0.05) is 52.7 Å². The molecule has 1 atom stereocenters. The lowest BCUT2D eigenvalue weighted by Gasteiger charge is -2.09. The Morgan fingerprint density at radius 2 is 1.84 bits per heavy atom. The van der Waals surface area contributed by atoms with Gasteiger partial charge in [0, 0.05) is 18.6 Å². The Hall–Kier alpha value is -2.11. The molecule has 0 aromatic heterocycles. The van der Waals surface area contributed by atoms with Crippen LogP contribution in [-0.2, 0) is 4.42 Å². The summed E-state index contributed by atoms with van der Waals surface area (Å²) in [4.78, 5) is 0. The fourth-order valence-electron chi connectivity index (χ4n) is 3.00. The lowest BCUT2D eigenvalue weighted by molar-refractivity contribution is -0.457. The number of allylic oxidation sites excluding steroid dienone is 10. The molecular weight excluding hydrogens is 304 g/mol. The van der Waals surface area contributed by atoms with Crippen LogP contribution in [0.5, 0.6) is 0 Å². The monoisotopic (exact) mass is 335 g/mol. The Morgan fingerprint density at radius 1 is 1.08 bits per heavy atom. The molecule has 0 spiro atoms. The van der Waals surface area contributed by atoms with Gasteiger partial charge in [0.05, 0.1) is 0 Å². The summed E-state index contributed by atoms with van der Waals surface area (Å²) in [5, 5.41) is 0. The van der Waals surface area contributed by atoms with Crippen molar-refractivity contribution in [3.63, 3.8) is 0 Å². The Balaban J connectivity index is 1.86. The molecule has 1 nitrogen and oxygen atoms in total. The van der Waals surface area contributed by atoms with Crippen molar-refractivity contribution in [3.05, 3.63) is 77.6 Å². The molecule has 25 heavy (non-hydrogen) atoms. The largest absolute Gasteiger partial charge is 0.343 e. The van der Waals surface area contributed by atoms with Gasteiger partial charge in [0.2, 0.25) is 0 Å². The van der Waals surface area contributed by atoms with Crippen LogP contribution in [-0.4, -0.2) is 12.4 Å². The smallest absolute Gasteiger partial charge is 0.255 e. The number of carbonyl (C=O) groups excluding carboxylic acids is 1. The minimum absolute atomic E-state index is 0.730. The lowest BCUT2D eigenvalue weighted by Crippen LogP contribution is -2.05. The van der Waals surface area contributed by atoms with E-state index >= 15 is 0 Å². The number of ketones is 1. The maximum atomic E-state index is 5.92. The van der Waals surface area contributed by atoms with Crippen molar-refractivity contribution < 1.29 is 4.42 Å². The second kappa shape index (κ2) is 10.0. The van der Waals surface area contributed by atoms with Crippen molar-refractivity contribution in [1.82, 2.24) is 0 Å². The molecule has 0 heterocycles. The quantitative estimate of drug-likeness (QED) is 0.369. The molecular formula is C24H31O+. The standard InChI is InChI=1S/C24H31O/c1-5-21-11-6-7-12-24(21)22-13-15-23(16-14-22)25-18-17-20(4)10-8-9-19(2)3/h5-6,11-16,19-20H,1,8-10,17-18H2,2-4H3/q+1. The van der Waals surface area contributed by atoms with Gasteiger partial charge >= 0.3 is 5.78 Å². The highest BCUT2D eigenvalue weighted by molar-refractivity contribution is 6.01. The van der Waals surface area contributed by atoms with Crippen LogP contribution < -0.4 is 0 Å². The molecule has 0 aromatic carbocycles. The maximum Gasteiger partial charge on any atom is 0.343 e. The van der Waals surface area contributed by atoms with Crippen LogP contribution in [0.25, 0.3) is 0 Å². The zero-order chi connectivity index (χ0) is 18.1. The first-order chi connectivity index (χ1) is 12.1. The molecule has 0 aromatic rings. The van der Waals surface area contributed by atoms with Crippen LogP contribution in [0.4, 0.5) is 0 Å². The van der Waals surface area contributed by atoms with Gasteiger partial charge in [-0.05, 0) is 58.9 Å². The van der Waals surface area contributed by atoms with E-state index in [1.54, 1.807) is 0 Å². The van der Waals surface area contributed by atoms with Crippen LogP contribution in [0.1, 0.15) is 46.5 Å². The summed E-state index contributed by atoms with van der Waals surface area (Å²) in [7, 11) is 0. The molecule has 0 N–H and O–H groups in total. The van der Waals surface area contributed by atoms with Crippen molar-refractivity contribution in [2.24, 2.45) is 11.8 Å². The van der Waals surface area contributed by atoms with E-state index in [-0.39, 0.29) is 0 Å². The van der Waals surface area contributed by atoms with Crippen LogP contribution in [0.2, 0.25) is 0 Å². The predicted molar refractivity (Wildman–Crippen MR) is 109 cm³/mol. The highest BCUT2D eigenvalue weighted by Crippen LogP contribution is 2.23. The zero-order valence-electron chi connectivity index (χ0n) is 15.9. The molecule has 1 heteroatoms. The van der Waals surface area contributed by atoms with Crippen molar-refractivity contribution in [2.45, 2.75) is 46.5 Å². The molecule has 2 aliphatic rings. The summed E-state index contributed by atoms with van der Waals surface area (Å²) in [6, 6.07) is 0. The summed E-state index contributed by atoms with van der Waals surface area (Å²) < 4.78 is 5.92. The Kier molecular flexibility index (Phi) is 7.70. The van der Waals surface area contributed by atoms with E-state index in [0.717, 1.165) is 41.8 Å². The molecule has 0 saturated heterocycles. The van der Waals surface area contributed by atoms with Crippen molar-refractivity contribution in [2.75, 3.05) is 6.61 Å². The Morgan fingerprint density at radius 3 is 2.52 bits per heavy atom. The topological polar surface area (TPSA) is 11.3 Å². The highest BCUT2D eigenvalue weighted by Gasteiger charge is 2.13. The van der Waals surface area contributed by atoms with E-state index in [1.807, 2.05) is 24.3 Å². The van der Waals surface area contributed by atoms with E-state index < -0.39 is 0 Å². The third-order valence-corrected chi connectivity index (χ3v) is 4.64. The number of hydrogen-bond acceptors (Lipinski definition) is 0. The van der Waals surface area contributed by atoms with Gasteiger partial charge in [0.15, 0.2) is 0 Å². The second-order valence-corrected chi connectivity index (χ2v) is 7.31. The van der Waals surface area contributed by atoms with Crippen LogP contribution in [0.3, 0.4) is 0 Å². The SMILES string of the molecule is C=CC1=CC=C=CC1=C1C=CC(=[O+]CCC(C)CCCC(C)C)C=C1. The molecule has 0 radical (unpaired) electrons. The fraction of sp³-hybridized carbons (Fsp3) is 0.417. The normalized spacial score (nSPS) is 17.3. The predicted octanol–water partition coefficient (Wildman–Crippen LogP) is 6.20. The lowest BCUT2D eigenvalue weighted by atomic mass is 9.94. The Bertz CT molecular complexity index is 668. The average Bonchev–Trinajstić information content (AvgIpc) is 2.62. The highest BCUT2D eigenvalue weighted by atomic mass is 16.4. The molecule has 132 valence electrons. The average molecular weight is 336 g/mol. The number of rotatable bonds is 8. The van der Waals surface area contributed by atoms with Crippen LogP contribution >= 0.6 is 0 Å². The van der Waals surface area contributed by atoms with E-state index in [0.29, 0.717) is 0 Å². The molecule has 0 amide bonds. The molecule has 0 saturated carbocycles. The third-order valence-electron chi connectivity index (χ3n) is 4.64. The molecule has 0 fully saturated rings. The first kappa shape index (κ1) is 19.2. The van der Waals surface area contributed by atoms with Gasteiger partial charge in [0.25, 0.3) is 6.61 Å². The maximum absolute atomic E-state index is 5.92. The molecule has 2 aliphatic carbocycles. The van der Waals surface area contributed by atoms with Crippen molar-refractivity contribution >= 4 is 5.78 Å². The number of hydrogen-bond donors (Lipinski definition) is 0. The van der Waals surface area contributed by atoms with Crippen LogP contribution in [0.15, 0.2) is 77.6 Å². The molecule has 2 rings (SSSR count). The Labute approximate surface area is 153 Å². The van der Waals surface area contributed by atoms with Crippen molar-refractivity contribution in [3.8, 4) is 0 Å². The first-order valence-electron chi connectivity index (χ1n) is 9.46. The van der Waals surface area contributed by atoms with Crippen molar-refractivity contribution in [1.29, 1.82) is 0 Å². The summed E-state index contributed by atoms with van der Waals surface area (Å²) in [5.41, 5.74) is 6.59. The minimum Gasteiger partial charge on any atom is -0.255 e. The molecule has 0 aliphatic heterocycles. The zero-order valence-corrected chi connectivity index (χ0v) is 15.9. The molecule has 1 unspecified atom stereocenters. The van der Waals surface area contributed by atoms with Gasteiger partial charge in [0.1, 0.15) is 0 Å². The van der Waals surface area contributed by atoms with Gasteiger partial charge in [-0.2, -0.15) is 0 Å². The van der Waals surface area contributed by atoms with E-state index in [4.69, 9.17) is 4.42 Å². The fourth-order valence-corrected chi connectivity index (χ4v) is 3.00. The summed E-state index contributed by atoms with van der Waals surface area (Å²) in [6.45, 7) is 11.6. The molecule has 0 bridgehead atoms. The second-order valence-electron chi connectivity index (χ2n) is 7.31. The van der Waals surface area contributed by atoms with Gasteiger partial charge < -0.3 is 0 Å². The van der Waals surface area contributed by atoms with E-state index in [9.17, 15) is 0 Å². The van der Waals surface area contributed by atoms with E-state index in [1.165, 1.54) is 24.8 Å².